The Hall–Kier alpha value is -2.81. The van der Waals surface area contributed by atoms with Gasteiger partial charge in [0.25, 0.3) is 5.91 Å². The van der Waals surface area contributed by atoms with Crippen LogP contribution in [-0.2, 0) is 6.61 Å². The monoisotopic (exact) mass is 684 g/mol. The first-order valence-electron chi connectivity index (χ1n) is 11.6. The second kappa shape index (κ2) is 10.9. The average Bonchev–Trinajstić information content (AvgIpc) is 2.88. The number of ether oxygens (including phenoxy) is 2. The van der Waals surface area contributed by atoms with Gasteiger partial charge >= 0.3 is 0 Å². The Kier molecular flexibility index (Phi) is 7.60. The molecule has 1 atom stereocenters. The molecular weight excluding hydrogens is 664 g/mol. The molecule has 0 aliphatic carbocycles. The van der Waals surface area contributed by atoms with Gasteiger partial charge in [-0.05, 0) is 92.9 Å². The summed E-state index contributed by atoms with van der Waals surface area (Å²) >= 11 is 10.6. The van der Waals surface area contributed by atoms with E-state index in [-0.39, 0.29) is 12.5 Å². The van der Waals surface area contributed by atoms with Gasteiger partial charge in [-0.3, -0.25) is 9.69 Å². The number of amides is 1. The van der Waals surface area contributed by atoms with Crippen molar-refractivity contribution in [1.82, 2.24) is 0 Å². The Morgan fingerprint density at radius 2 is 1.62 bits per heavy atom. The molecule has 8 heteroatoms. The minimum atomic E-state index is -0.416. The molecule has 0 spiro atoms. The highest BCUT2D eigenvalue weighted by atomic mass is 79.9. The Labute approximate surface area is 241 Å². The molecule has 0 unspecified atom stereocenters. The smallest absolute Gasteiger partial charge is 0.262 e. The van der Waals surface area contributed by atoms with Crippen molar-refractivity contribution in [3.05, 3.63) is 115 Å². The van der Waals surface area contributed by atoms with E-state index >= 15 is 0 Å². The van der Waals surface area contributed by atoms with Gasteiger partial charge in [0, 0.05) is 21.4 Å². The molecule has 1 aliphatic rings. The van der Waals surface area contributed by atoms with Crippen LogP contribution in [0, 0.1) is 6.92 Å². The largest absolute Gasteiger partial charge is 0.496 e. The molecule has 188 valence electrons. The molecule has 0 saturated carbocycles. The highest BCUT2D eigenvalue weighted by Crippen LogP contribution is 2.40. The molecule has 1 amide bonds. The molecule has 4 aromatic carbocycles. The zero-order chi connectivity index (χ0) is 26.1. The SMILES string of the molecule is COc1ccc([C@H]2Nc3ccccc3C(=O)N2c2ccc(C)cc2)cc1COc1c(Br)cc(Br)cc1Br. The van der Waals surface area contributed by atoms with Gasteiger partial charge in [-0.25, -0.2) is 0 Å². The van der Waals surface area contributed by atoms with Crippen molar-refractivity contribution in [2.45, 2.75) is 19.7 Å². The van der Waals surface area contributed by atoms with Gasteiger partial charge in [0.2, 0.25) is 0 Å². The highest BCUT2D eigenvalue weighted by Gasteiger charge is 2.34. The van der Waals surface area contributed by atoms with Crippen LogP contribution in [0.25, 0.3) is 0 Å². The first kappa shape index (κ1) is 25.8. The summed E-state index contributed by atoms with van der Waals surface area (Å²) in [5, 5.41) is 3.57. The van der Waals surface area contributed by atoms with Gasteiger partial charge in [0.05, 0.1) is 21.6 Å². The first-order valence-corrected chi connectivity index (χ1v) is 13.9. The maximum absolute atomic E-state index is 13.7. The predicted molar refractivity (Wildman–Crippen MR) is 158 cm³/mol. The van der Waals surface area contributed by atoms with E-state index in [9.17, 15) is 4.79 Å². The molecule has 0 bridgehead atoms. The number of hydrogen-bond acceptors (Lipinski definition) is 4. The van der Waals surface area contributed by atoms with Crippen LogP contribution in [0.1, 0.15) is 33.2 Å². The number of carbonyl (C=O) groups excluding carboxylic acids is 1. The molecule has 37 heavy (non-hydrogen) atoms. The number of hydrogen-bond donors (Lipinski definition) is 1. The van der Waals surface area contributed by atoms with Gasteiger partial charge in [-0.2, -0.15) is 0 Å². The average molecular weight is 687 g/mol. The molecular formula is C29H23Br3N2O3. The fraction of sp³-hybridized carbons (Fsp3) is 0.138. The van der Waals surface area contributed by atoms with E-state index in [0.29, 0.717) is 17.1 Å². The maximum atomic E-state index is 13.7. The zero-order valence-electron chi connectivity index (χ0n) is 20.1. The normalized spacial score (nSPS) is 14.7. The van der Waals surface area contributed by atoms with Gasteiger partial charge in [0.1, 0.15) is 24.3 Å². The molecule has 0 fully saturated rings. The van der Waals surface area contributed by atoms with Gasteiger partial charge in [0.15, 0.2) is 0 Å². The lowest BCUT2D eigenvalue weighted by atomic mass is 10.0. The molecule has 4 aromatic rings. The van der Waals surface area contributed by atoms with E-state index in [1.165, 1.54) is 0 Å². The predicted octanol–water partition coefficient (Wildman–Crippen LogP) is 8.64. The fourth-order valence-corrected chi connectivity index (χ4v) is 6.84. The summed E-state index contributed by atoms with van der Waals surface area (Å²) in [5.74, 6) is 1.34. The van der Waals surface area contributed by atoms with E-state index in [1.807, 2.05) is 85.8 Å². The van der Waals surface area contributed by atoms with Crippen LogP contribution in [0.5, 0.6) is 11.5 Å². The van der Waals surface area contributed by atoms with Gasteiger partial charge in [-0.15, -0.1) is 0 Å². The van der Waals surface area contributed by atoms with E-state index in [4.69, 9.17) is 9.47 Å². The van der Waals surface area contributed by atoms with Crippen LogP contribution in [-0.4, -0.2) is 13.0 Å². The van der Waals surface area contributed by atoms with Crippen LogP contribution in [0.2, 0.25) is 0 Å². The number of carbonyl (C=O) groups is 1. The second-order valence-corrected chi connectivity index (χ2v) is 11.3. The quantitative estimate of drug-likeness (QED) is 0.221. The third-order valence-electron chi connectivity index (χ3n) is 6.19. The molecule has 1 N–H and O–H groups in total. The third kappa shape index (κ3) is 5.28. The number of nitrogens with zero attached hydrogens (tertiary/aromatic N) is 1. The van der Waals surface area contributed by atoms with Crippen LogP contribution < -0.4 is 19.7 Å². The van der Waals surface area contributed by atoms with Crippen molar-refractivity contribution in [3.8, 4) is 11.5 Å². The molecule has 5 rings (SSSR count). The van der Waals surface area contributed by atoms with Gasteiger partial charge < -0.3 is 14.8 Å². The molecule has 1 heterocycles. The number of rotatable bonds is 6. The van der Waals surface area contributed by atoms with Gasteiger partial charge in [-0.1, -0.05) is 51.8 Å². The van der Waals surface area contributed by atoms with Crippen molar-refractivity contribution >= 4 is 65.1 Å². The number of halogens is 3. The Morgan fingerprint density at radius 3 is 2.32 bits per heavy atom. The Morgan fingerprint density at radius 1 is 0.919 bits per heavy atom. The van der Waals surface area contributed by atoms with Crippen LogP contribution in [0.4, 0.5) is 11.4 Å². The number of fused-ring (bicyclic) bond motifs is 1. The summed E-state index contributed by atoms with van der Waals surface area (Å²) in [5.41, 5.74) is 5.17. The van der Waals surface area contributed by atoms with Crippen LogP contribution >= 0.6 is 47.8 Å². The topological polar surface area (TPSA) is 50.8 Å². The third-order valence-corrected chi connectivity index (χ3v) is 7.83. The van der Waals surface area contributed by atoms with Crippen molar-refractivity contribution < 1.29 is 14.3 Å². The number of anilines is 2. The summed E-state index contributed by atoms with van der Waals surface area (Å²) < 4.78 is 14.4. The number of aryl methyl sites for hydroxylation is 1. The van der Waals surface area contributed by atoms with E-state index < -0.39 is 6.17 Å². The van der Waals surface area contributed by atoms with Crippen molar-refractivity contribution in [2.75, 3.05) is 17.3 Å². The van der Waals surface area contributed by atoms with E-state index in [2.05, 4.69) is 53.1 Å². The van der Waals surface area contributed by atoms with Crippen molar-refractivity contribution in [3.63, 3.8) is 0 Å². The summed E-state index contributed by atoms with van der Waals surface area (Å²) in [6.45, 7) is 2.31. The molecule has 0 aromatic heterocycles. The van der Waals surface area contributed by atoms with Crippen LogP contribution in [0.15, 0.2) is 92.3 Å². The minimum absolute atomic E-state index is 0.0560. The summed E-state index contributed by atoms with van der Waals surface area (Å²) in [6, 6.07) is 25.4. The zero-order valence-corrected chi connectivity index (χ0v) is 24.9. The summed E-state index contributed by atoms with van der Waals surface area (Å²) in [4.78, 5) is 15.5. The lowest BCUT2D eigenvalue weighted by Crippen LogP contribution is -2.43. The second-order valence-electron chi connectivity index (χ2n) is 8.66. The minimum Gasteiger partial charge on any atom is -0.496 e. The van der Waals surface area contributed by atoms with E-state index in [0.717, 1.165) is 41.5 Å². The molecule has 0 radical (unpaired) electrons. The molecule has 1 aliphatic heterocycles. The number of benzene rings is 4. The van der Waals surface area contributed by atoms with Crippen molar-refractivity contribution in [2.24, 2.45) is 0 Å². The number of methoxy groups -OCH3 is 1. The highest BCUT2D eigenvalue weighted by molar-refractivity contribution is 9.11. The standard InChI is InChI=1S/C29H23Br3N2O3/c1-17-7-10-21(11-8-17)34-28(33-25-6-4-3-5-22(25)29(34)35)18-9-12-26(36-2)19(13-18)16-37-27-23(31)14-20(30)15-24(27)32/h3-15,28,33H,16H2,1-2H3/t28-/m0/s1. The Bertz CT molecular complexity index is 1450. The number of para-hydroxylation sites is 1. The lowest BCUT2D eigenvalue weighted by Gasteiger charge is -2.38. The molecule has 0 saturated heterocycles. The number of nitrogens with one attached hydrogen (secondary N) is 1. The summed E-state index contributed by atoms with van der Waals surface area (Å²) in [6.07, 6.45) is -0.416. The van der Waals surface area contributed by atoms with Crippen molar-refractivity contribution in [1.29, 1.82) is 0 Å². The summed E-state index contributed by atoms with van der Waals surface area (Å²) in [7, 11) is 1.64. The fourth-order valence-electron chi connectivity index (χ4n) is 4.36. The first-order chi connectivity index (χ1) is 17.9. The van der Waals surface area contributed by atoms with E-state index in [1.54, 1.807) is 12.0 Å². The Balaban J connectivity index is 1.54. The molecule has 5 nitrogen and oxygen atoms in total. The maximum Gasteiger partial charge on any atom is 0.262 e. The lowest BCUT2D eigenvalue weighted by molar-refractivity contribution is 0.0975. The van der Waals surface area contributed by atoms with Crippen LogP contribution in [0.3, 0.4) is 0 Å².